The van der Waals surface area contributed by atoms with Crippen LogP contribution in [-0.4, -0.2) is 12.6 Å². The van der Waals surface area contributed by atoms with Crippen LogP contribution < -0.4 is 5.32 Å². The molecular formula is C17H27F2N. The Morgan fingerprint density at radius 1 is 1.15 bits per heavy atom. The number of benzene rings is 1. The smallest absolute Gasteiger partial charge is 0.159 e. The van der Waals surface area contributed by atoms with Gasteiger partial charge in [-0.2, -0.15) is 0 Å². The van der Waals surface area contributed by atoms with Gasteiger partial charge in [0.1, 0.15) is 0 Å². The van der Waals surface area contributed by atoms with Gasteiger partial charge in [0.25, 0.3) is 0 Å². The maximum absolute atomic E-state index is 13.3. The molecule has 0 spiro atoms. The Balaban J connectivity index is 2.65. The first-order valence-electron chi connectivity index (χ1n) is 7.49. The van der Waals surface area contributed by atoms with Crippen LogP contribution in [0.3, 0.4) is 0 Å². The Hall–Kier alpha value is -0.960. The van der Waals surface area contributed by atoms with Crippen molar-refractivity contribution < 1.29 is 8.78 Å². The van der Waals surface area contributed by atoms with Gasteiger partial charge in [0.2, 0.25) is 0 Å². The molecule has 1 aromatic carbocycles. The lowest BCUT2D eigenvalue weighted by molar-refractivity contribution is 0.328. The van der Waals surface area contributed by atoms with Gasteiger partial charge in [-0.3, -0.25) is 0 Å². The molecule has 0 radical (unpaired) electrons. The molecule has 0 heterocycles. The van der Waals surface area contributed by atoms with E-state index in [1.54, 1.807) is 6.07 Å². The van der Waals surface area contributed by atoms with E-state index in [-0.39, 0.29) is 0 Å². The zero-order valence-electron chi connectivity index (χ0n) is 13.1. The second-order valence-corrected chi connectivity index (χ2v) is 6.70. The highest BCUT2D eigenvalue weighted by Gasteiger charge is 2.16. The van der Waals surface area contributed by atoms with E-state index < -0.39 is 11.6 Å². The van der Waals surface area contributed by atoms with Crippen LogP contribution in [0, 0.1) is 17.0 Å². The minimum atomic E-state index is -0.776. The monoisotopic (exact) mass is 283 g/mol. The molecule has 0 aliphatic rings. The molecule has 1 nitrogen and oxygen atoms in total. The number of halogens is 2. The zero-order chi connectivity index (χ0) is 15.2. The van der Waals surface area contributed by atoms with Gasteiger partial charge in [0.15, 0.2) is 11.6 Å². The summed E-state index contributed by atoms with van der Waals surface area (Å²) in [5.41, 5.74) is 1.15. The number of hydrogen-bond acceptors (Lipinski definition) is 1. The average molecular weight is 283 g/mol. The first-order valence-corrected chi connectivity index (χ1v) is 7.49. The Bertz CT molecular complexity index is 410. The first-order chi connectivity index (χ1) is 9.31. The van der Waals surface area contributed by atoms with Crippen molar-refractivity contribution in [2.24, 2.45) is 5.41 Å². The van der Waals surface area contributed by atoms with Crippen molar-refractivity contribution in [3.05, 3.63) is 35.4 Å². The van der Waals surface area contributed by atoms with Crippen molar-refractivity contribution in [2.75, 3.05) is 6.54 Å². The summed E-state index contributed by atoms with van der Waals surface area (Å²) < 4.78 is 26.2. The van der Waals surface area contributed by atoms with Crippen molar-refractivity contribution in [1.82, 2.24) is 5.32 Å². The van der Waals surface area contributed by atoms with Crippen LogP contribution in [0.25, 0.3) is 0 Å². The summed E-state index contributed by atoms with van der Waals surface area (Å²) in [5, 5.41) is 3.51. The van der Waals surface area contributed by atoms with Crippen molar-refractivity contribution in [2.45, 2.75) is 59.4 Å². The van der Waals surface area contributed by atoms with Crippen molar-refractivity contribution in [3.63, 3.8) is 0 Å². The average Bonchev–Trinajstić information content (AvgIpc) is 2.36. The molecule has 0 saturated carbocycles. The van der Waals surface area contributed by atoms with Crippen LogP contribution in [0.5, 0.6) is 0 Å². The minimum Gasteiger partial charge on any atom is -0.314 e. The molecule has 0 aliphatic heterocycles. The van der Waals surface area contributed by atoms with Crippen molar-refractivity contribution in [3.8, 4) is 0 Å². The molecule has 1 aromatic rings. The highest BCUT2D eigenvalue weighted by atomic mass is 19.2. The Morgan fingerprint density at radius 2 is 1.85 bits per heavy atom. The molecule has 1 N–H and O–H groups in total. The molecule has 20 heavy (non-hydrogen) atoms. The van der Waals surface area contributed by atoms with Gasteiger partial charge in [-0.25, -0.2) is 8.78 Å². The topological polar surface area (TPSA) is 12.0 Å². The van der Waals surface area contributed by atoms with E-state index in [0.29, 0.717) is 11.5 Å². The maximum atomic E-state index is 13.3. The van der Waals surface area contributed by atoms with Gasteiger partial charge in [0.05, 0.1) is 0 Å². The number of nitrogens with one attached hydrogen (secondary N) is 1. The van der Waals surface area contributed by atoms with Gasteiger partial charge in [-0.15, -0.1) is 0 Å². The summed E-state index contributed by atoms with van der Waals surface area (Å²) >= 11 is 0. The van der Waals surface area contributed by atoms with Gasteiger partial charge in [0, 0.05) is 6.04 Å². The molecule has 0 fully saturated rings. The summed E-state index contributed by atoms with van der Waals surface area (Å²) in [7, 11) is 0. The zero-order valence-corrected chi connectivity index (χ0v) is 13.1. The second-order valence-electron chi connectivity index (χ2n) is 6.70. The van der Waals surface area contributed by atoms with E-state index >= 15 is 0 Å². The van der Waals surface area contributed by atoms with Crippen LogP contribution in [-0.2, 0) is 6.42 Å². The molecule has 1 atom stereocenters. The normalized spacial score (nSPS) is 13.5. The molecule has 0 bridgehead atoms. The summed E-state index contributed by atoms with van der Waals surface area (Å²) in [5.74, 6) is -1.53. The lowest BCUT2D eigenvalue weighted by Gasteiger charge is -2.24. The standard InChI is InChI=1S/C17H27F2N/c1-5-10-20-14(8-9-17(2,3)4)11-13-6-7-15(18)16(19)12-13/h6-7,12,14,20H,5,8-11H2,1-4H3. The fraction of sp³-hybridized carbons (Fsp3) is 0.647. The molecular weight excluding hydrogens is 256 g/mol. The van der Waals surface area contributed by atoms with Gasteiger partial charge < -0.3 is 5.32 Å². The van der Waals surface area contributed by atoms with Crippen LogP contribution in [0.15, 0.2) is 18.2 Å². The summed E-state index contributed by atoms with van der Waals surface area (Å²) in [4.78, 5) is 0. The molecule has 0 saturated heterocycles. The van der Waals surface area contributed by atoms with Crippen molar-refractivity contribution >= 4 is 0 Å². The molecule has 1 unspecified atom stereocenters. The predicted molar refractivity (Wildman–Crippen MR) is 80.8 cm³/mol. The molecule has 3 heteroatoms. The molecule has 0 aromatic heterocycles. The van der Waals surface area contributed by atoms with Crippen LogP contribution >= 0.6 is 0 Å². The van der Waals surface area contributed by atoms with E-state index in [2.05, 4.69) is 33.0 Å². The van der Waals surface area contributed by atoms with E-state index in [9.17, 15) is 8.78 Å². The van der Waals surface area contributed by atoms with Gasteiger partial charge in [-0.05, 0) is 55.3 Å². The van der Waals surface area contributed by atoms with E-state index in [0.717, 1.165) is 37.8 Å². The first kappa shape index (κ1) is 17.1. The lowest BCUT2D eigenvalue weighted by atomic mass is 9.87. The third kappa shape index (κ3) is 6.47. The predicted octanol–water partition coefficient (Wildman–Crippen LogP) is 4.70. The third-order valence-corrected chi connectivity index (χ3v) is 3.39. The van der Waals surface area contributed by atoms with E-state index in [1.165, 1.54) is 12.1 Å². The highest BCUT2D eigenvalue weighted by molar-refractivity contribution is 5.18. The summed E-state index contributed by atoms with van der Waals surface area (Å²) in [6.07, 6.45) is 3.97. The SMILES string of the molecule is CCCNC(CCC(C)(C)C)Cc1ccc(F)c(F)c1. The highest BCUT2D eigenvalue weighted by Crippen LogP contribution is 2.23. The van der Waals surface area contributed by atoms with Crippen LogP contribution in [0.1, 0.15) is 52.5 Å². The van der Waals surface area contributed by atoms with Crippen LogP contribution in [0.4, 0.5) is 8.78 Å². The Labute approximate surface area is 121 Å². The maximum Gasteiger partial charge on any atom is 0.159 e. The number of hydrogen-bond donors (Lipinski definition) is 1. The van der Waals surface area contributed by atoms with E-state index in [1.807, 2.05) is 0 Å². The molecule has 0 aliphatic carbocycles. The third-order valence-electron chi connectivity index (χ3n) is 3.39. The molecule has 0 amide bonds. The Kier molecular flexibility index (Phi) is 6.60. The molecule has 114 valence electrons. The summed E-state index contributed by atoms with van der Waals surface area (Å²) in [6.45, 7) is 9.76. The van der Waals surface area contributed by atoms with Crippen molar-refractivity contribution in [1.29, 1.82) is 0 Å². The quantitative estimate of drug-likeness (QED) is 0.764. The van der Waals surface area contributed by atoms with Gasteiger partial charge >= 0.3 is 0 Å². The largest absolute Gasteiger partial charge is 0.314 e. The summed E-state index contributed by atoms with van der Waals surface area (Å²) in [6, 6.07) is 4.52. The molecule has 1 rings (SSSR count). The minimum absolute atomic E-state index is 0.292. The number of rotatable bonds is 7. The van der Waals surface area contributed by atoms with Crippen LogP contribution in [0.2, 0.25) is 0 Å². The fourth-order valence-electron chi connectivity index (χ4n) is 2.18. The second kappa shape index (κ2) is 7.72. The fourth-order valence-corrected chi connectivity index (χ4v) is 2.18. The Morgan fingerprint density at radius 3 is 2.40 bits per heavy atom. The van der Waals surface area contributed by atoms with Gasteiger partial charge in [-0.1, -0.05) is 33.8 Å². The lowest BCUT2D eigenvalue weighted by Crippen LogP contribution is -2.32. The van der Waals surface area contributed by atoms with E-state index in [4.69, 9.17) is 0 Å².